The summed E-state index contributed by atoms with van der Waals surface area (Å²) in [6.07, 6.45) is 5.93. The molecule has 0 aliphatic carbocycles. The minimum absolute atomic E-state index is 0.260. The number of aromatic nitrogens is 1. The van der Waals surface area contributed by atoms with Gasteiger partial charge in [-0.05, 0) is 80.6 Å². The van der Waals surface area contributed by atoms with Gasteiger partial charge in [0.2, 0.25) is 0 Å². The molecule has 1 unspecified atom stereocenters. The fraction of sp³-hybridized carbons (Fsp3) is 0.414. The van der Waals surface area contributed by atoms with Gasteiger partial charge < -0.3 is 25.0 Å². The molecule has 2 aliphatic rings. The zero-order valence-electron chi connectivity index (χ0n) is 21.3. The van der Waals surface area contributed by atoms with Crippen molar-refractivity contribution in [2.24, 2.45) is 0 Å². The van der Waals surface area contributed by atoms with Gasteiger partial charge in [0.25, 0.3) is 0 Å². The molecule has 10 heteroatoms. The molecule has 3 heterocycles. The molecular weight excluding hydrogens is 514 g/mol. The molecule has 3 aromatic rings. The summed E-state index contributed by atoms with van der Waals surface area (Å²) < 4.78 is 53.7. The number of carbonyl (C=O) groups is 1. The number of aliphatic hydroxyl groups is 2. The predicted molar refractivity (Wildman–Crippen MR) is 138 cm³/mol. The van der Waals surface area contributed by atoms with Crippen LogP contribution in [0.25, 0.3) is 10.9 Å². The molecule has 1 atom stereocenters. The number of piperidine rings is 2. The highest BCUT2D eigenvalue weighted by molar-refractivity contribution is 6.04. The molecular formula is C29H31F4N3O3. The van der Waals surface area contributed by atoms with Crippen LogP contribution >= 0.6 is 0 Å². The summed E-state index contributed by atoms with van der Waals surface area (Å²) in [5.41, 5.74) is 0.447. The molecule has 5 rings (SSSR count). The highest BCUT2D eigenvalue weighted by atomic mass is 19.2. The van der Waals surface area contributed by atoms with Crippen molar-refractivity contribution in [1.29, 1.82) is 0 Å². The number of aliphatic hydroxyl groups excluding tert-OH is 1. The third-order valence-corrected chi connectivity index (χ3v) is 8.12. The number of β-amino-alcohol motifs (C(OH)–C–C–N with tert-alkyl or cyclic N) is 1. The van der Waals surface area contributed by atoms with Crippen LogP contribution in [0.2, 0.25) is 0 Å². The highest BCUT2D eigenvalue weighted by Gasteiger charge is 2.39. The predicted octanol–water partition coefficient (Wildman–Crippen LogP) is 4.49. The molecule has 1 aromatic heterocycles. The van der Waals surface area contributed by atoms with Gasteiger partial charge in [0.05, 0.1) is 11.7 Å². The lowest BCUT2D eigenvalue weighted by atomic mass is 9.84. The Morgan fingerprint density at radius 2 is 1.72 bits per heavy atom. The zero-order chi connectivity index (χ0) is 27.7. The molecule has 39 heavy (non-hydrogen) atoms. The Hall–Kier alpha value is -3.21. The second-order valence-corrected chi connectivity index (χ2v) is 10.6. The van der Waals surface area contributed by atoms with Gasteiger partial charge in [-0.2, -0.15) is 0 Å². The van der Waals surface area contributed by atoms with Gasteiger partial charge >= 0.3 is 0 Å². The van der Waals surface area contributed by atoms with Crippen LogP contribution in [0.3, 0.4) is 0 Å². The maximum Gasteiger partial charge on any atom is 0.194 e. The van der Waals surface area contributed by atoms with E-state index in [1.54, 1.807) is 17.0 Å². The van der Waals surface area contributed by atoms with Crippen molar-refractivity contribution < 1.29 is 32.6 Å². The zero-order valence-corrected chi connectivity index (χ0v) is 21.3. The number of aromatic amines is 1. The van der Waals surface area contributed by atoms with E-state index in [0.717, 1.165) is 48.5 Å². The van der Waals surface area contributed by atoms with E-state index < -0.39 is 34.9 Å². The van der Waals surface area contributed by atoms with Crippen LogP contribution in [0, 0.1) is 23.3 Å². The maximum absolute atomic E-state index is 13.8. The third kappa shape index (κ3) is 5.88. The molecule has 0 spiro atoms. The number of nitrogens with zero attached hydrogens (tertiary/aromatic N) is 2. The van der Waals surface area contributed by atoms with Gasteiger partial charge in [-0.15, -0.1) is 0 Å². The van der Waals surface area contributed by atoms with E-state index >= 15 is 0 Å². The first-order valence-electron chi connectivity index (χ1n) is 13.1. The Bertz CT molecular complexity index is 1350. The molecule has 2 aliphatic heterocycles. The lowest BCUT2D eigenvalue weighted by Crippen LogP contribution is -2.54. The van der Waals surface area contributed by atoms with Gasteiger partial charge in [0.1, 0.15) is 5.82 Å². The van der Waals surface area contributed by atoms with Crippen molar-refractivity contribution in [1.82, 2.24) is 14.8 Å². The standard InChI is InChI=1S/C29H31F4N3O3/c30-20-1-2-25-21(15-20)22(16-34-25)18-3-8-36(9-4-18)17-27(38)29(39)6-11-35(12-7-29)10-5-26(37)19-13-23(31)28(33)24(32)14-19/h1-2,5,10,13-16,18,27,34,38-39H,3-4,6-9,11-12,17H2. The van der Waals surface area contributed by atoms with E-state index in [0.29, 0.717) is 31.8 Å². The van der Waals surface area contributed by atoms with Gasteiger partial charge in [-0.25, -0.2) is 17.6 Å². The lowest BCUT2D eigenvalue weighted by molar-refractivity contribution is -0.114. The largest absolute Gasteiger partial charge is 0.389 e. The molecule has 0 bridgehead atoms. The van der Waals surface area contributed by atoms with Crippen molar-refractivity contribution in [2.75, 3.05) is 32.7 Å². The Balaban J connectivity index is 1.11. The molecule has 2 saturated heterocycles. The minimum atomic E-state index is -1.63. The molecule has 2 fully saturated rings. The van der Waals surface area contributed by atoms with Crippen LogP contribution in [0.5, 0.6) is 0 Å². The summed E-state index contributed by atoms with van der Waals surface area (Å²) >= 11 is 0. The number of fused-ring (bicyclic) bond motifs is 1. The van der Waals surface area contributed by atoms with E-state index in [2.05, 4.69) is 9.88 Å². The quantitative estimate of drug-likeness (QED) is 0.177. The SMILES string of the molecule is O=C(C=CN1CCC(O)(C(O)CN2CCC(c3c[nH]c4ccc(F)cc34)CC2)CC1)c1cc(F)c(F)c(F)c1. The van der Waals surface area contributed by atoms with Crippen LogP contribution < -0.4 is 0 Å². The first-order chi connectivity index (χ1) is 18.6. The number of carbonyl (C=O) groups excluding carboxylic acids is 1. The molecule has 0 radical (unpaired) electrons. The van der Waals surface area contributed by atoms with Crippen molar-refractivity contribution in [3.8, 4) is 0 Å². The third-order valence-electron chi connectivity index (χ3n) is 8.12. The number of benzene rings is 2. The van der Waals surface area contributed by atoms with Crippen LogP contribution in [-0.2, 0) is 0 Å². The highest BCUT2D eigenvalue weighted by Crippen LogP contribution is 2.34. The Morgan fingerprint density at radius 3 is 2.38 bits per heavy atom. The minimum Gasteiger partial charge on any atom is -0.389 e. The number of halogens is 4. The summed E-state index contributed by atoms with van der Waals surface area (Å²) in [6, 6.07) is 6.05. The summed E-state index contributed by atoms with van der Waals surface area (Å²) in [7, 11) is 0. The smallest absolute Gasteiger partial charge is 0.194 e. The molecule has 2 aromatic carbocycles. The number of H-pyrrole nitrogens is 1. The molecule has 0 amide bonds. The van der Waals surface area contributed by atoms with E-state index in [1.807, 2.05) is 6.20 Å². The number of hydrogen-bond donors (Lipinski definition) is 3. The lowest BCUT2D eigenvalue weighted by Gasteiger charge is -2.43. The normalized spacial score (nSPS) is 19.7. The van der Waals surface area contributed by atoms with E-state index in [1.165, 1.54) is 12.3 Å². The topological polar surface area (TPSA) is 79.8 Å². The van der Waals surface area contributed by atoms with Gasteiger partial charge in [-0.3, -0.25) is 4.79 Å². The summed E-state index contributed by atoms with van der Waals surface area (Å²) in [5.74, 6) is -5.13. The fourth-order valence-electron chi connectivity index (χ4n) is 5.65. The fourth-order valence-corrected chi connectivity index (χ4v) is 5.65. The number of hydrogen-bond acceptors (Lipinski definition) is 5. The average Bonchev–Trinajstić information content (AvgIpc) is 3.34. The number of likely N-dealkylation sites (tertiary alicyclic amines) is 2. The number of rotatable bonds is 7. The molecule has 6 nitrogen and oxygen atoms in total. The summed E-state index contributed by atoms with van der Waals surface area (Å²) in [5, 5.41) is 22.9. The summed E-state index contributed by atoms with van der Waals surface area (Å²) in [4.78, 5) is 19.4. The Kier molecular flexibility index (Phi) is 7.80. The Morgan fingerprint density at radius 1 is 1.05 bits per heavy atom. The molecule has 0 saturated carbocycles. The first kappa shape index (κ1) is 27.4. The van der Waals surface area contributed by atoms with Gasteiger partial charge in [0.15, 0.2) is 23.2 Å². The van der Waals surface area contributed by atoms with Crippen molar-refractivity contribution in [3.63, 3.8) is 0 Å². The van der Waals surface area contributed by atoms with Crippen molar-refractivity contribution >= 4 is 16.7 Å². The van der Waals surface area contributed by atoms with Gasteiger partial charge in [0, 0.05) is 54.6 Å². The number of nitrogens with one attached hydrogen (secondary N) is 1. The van der Waals surface area contributed by atoms with Gasteiger partial charge in [-0.1, -0.05) is 0 Å². The van der Waals surface area contributed by atoms with E-state index in [4.69, 9.17) is 0 Å². The molecule has 208 valence electrons. The van der Waals surface area contributed by atoms with Crippen LogP contribution in [0.4, 0.5) is 17.6 Å². The van der Waals surface area contributed by atoms with E-state index in [-0.39, 0.29) is 30.1 Å². The monoisotopic (exact) mass is 545 g/mol. The van der Waals surface area contributed by atoms with Crippen molar-refractivity contribution in [2.45, 2.75) is 43.3 Å². The molecule has 3 N–H and O–H groups in total. The number of ketones is 1. The Labute approximate surface area is 223 Å². The second-order valence-electron chi connectivity index (χ2n) is 10.6. The van der Waals surface area contributed by atoms with Crippen LogP contribution in [0.1, 0.15) is 47.5 Å². The van der Waals surface area contributed by atoms with Crippen molar-refractivity contribution in [3.05, 3.63) is 83.2 Å². The second kappa shape index (κ2) is 11.1. The maximum atomic E-state index is 13.8. The summed E-state index contributed by atoms with van der Waals surface area (Å²) in [6.45, 7) is 2.59. The van der Waals surface area contributed by atoms with Crippen LogP contribution in [-0.4, -0.2) is 75.2 Å². The first-order valence-corrected chi connectivity index (χ1v) is 13.1. The van der Waals surface area contributed by atoms with E-state index in [9.17, 15) is 32.6 Å². The van der Waals surface area contributed by atoms with Crippen LogP contribution in [0.15, 0.2) is 48.8 Å². The number of allylic oxidation sites excluding steroid dienone is 1. The average molecular weight is 546 g/mol.